The van der Waals surface area contributed by atoms with Crippen LogP contribution < -0.4 is 10.6 Å². The first-order valence-electron chi connectivity index (χ1n) is 13.6. The second kappa shape index (κ2) is 8.99. The summed E-state index contributed by atoms with van der Waals surface area (Å²) in [4.78, 5) is 25.6. The number of nitrogens with one attached hydrogen (secondary N) is 2. The van der Waals surface area contributed by atoms with E-state index < -0.39 is 40.7 Å². The van der Waals surface area contributed by atoms with Crippen LogP contribution in [0.5, 0.6) is 0 Å². The summed E-state index contributed by atoms with van der Waals surface area (Å²) < 4.78 is 86.5. The SMILES string of the molecule is Cc1ccc(C(NC(=O)C2CC[C@H]3[C@@H]4CC=C5NC(=O)CC[C@]5(C)[C@@H]4CC[C@]23C)(C(F)(F)F)C(F)(F)F)cc1. The highest BCUT2D eigenvalue weighted by Gasteiger charge is 2.73. The van der Waals surface area contributed by atoms with Crippen LogP contribution in [0.25, 0.3) is 0 Å². The number of carbonyl (C=O) groups excluding carboxylic acids is 2. The second-order valence-electron chi connectivity index (χ2n) is 12.5. The summed E-state index contributed by atoms with van der Waals surface area (Å²) in [6, 6.07) is 3.94. The van der Waals surface area contributed by atoms with Gasteiger partial charge in [0.1, 0.15) is 0 Å². The number of alkyl halides is 6. The van der Waals surface area contributed by atoms with Crippen molar-refractivity contribution in [2.45, 2.75) is 83.6 Å². The van der Waals surface area contributed by atoms with Gasteiger partial charge in [0.2, 0.25) is 11.8 Å². The van der Waals surface area contributed by atoms with E-state index in [-0.39, 0.29) is 35.5 Å². The van der Waals surface area contributed by atoms with Gasteiger partial charge in [0.25, 0.3) is 5.54 Å². The van der Waals surface area contributed by atoms with Gasteiger partial charge in [-0.05, 0) is 74.2 Å². The summed E-state index contributed by atoms with van der Waals surface area (Å²) in [5.41, 5.74) is -5.09. The third-order valence-electron chi connectivity index (χ3n) is 10.6. The molecule has 1 unspecified atom stereocenters. The summed E-state index contributed by atoms with van der Waals surface area (Å²) in [7, 11) is 0. The van der Waals surface area contributed by atoms with Crippen LogP contribution in [0.15, 0.2) is 36.0 Å². The molecule has 0 radical (unpaired) electrons. The first-order valence-corrected chi connectivity index (χ1v) is 13.6. The zero-order valence-corrected chi connectivity index (χ0v) is 22.2. The standard InChI is InChI=1S/C29H34F6N2O2/c1-16-4-6-17(7-5-16)27(28(30,31)32,29(33,34)35)37-24(39)21-10-9-19-18-8-11-22-26(3,15-13-23(38)36-22)20(18)12-14-25(19,21)2/h4-7,11,18-21H,8-10,12-15H2,1-3H3,(H,36,38)(H,37,39)/t18-,19-,20+,21?,25-,26+/m0/s1. The molecule has 0 bridgehead atoms. The van der Waals surface area contributed by atoms with Crippen LogP contribution in [0, 0.1) is 41.4 Å². The van der Waals surface area contributed by atoms with Crippen molar-refractivity contribution < 1.29 is 35.9 Å². The first kappa shape index (κ1) is 28.0. The Morgan fingerprint density at radius 3 is 2.21 bits per heavy atom. The van der Waals surface area contributed by atoms with Crippen molar-refractivity contribution in [1.82, 2.24) is 10.6 Å². The lowest BCUT2D eigenvalue weighted by atomic mass is 9.49. The van der Waals surface area contributed by atoms with Crippen LogP contribution in [0.1, 0.15) is 69.9 Å². The molecular weight excluding hydrogens is 522 g/mol. The molecule has 1 aromatic rings. The van der Waals surface area contributed by atoms with E-state index in [1.54, 1.807) is 6.92 Å². The average molecular weight is 557 g/mol. The van der Waals surface area contributed by atoms with E-state index in [1.165, 1.54) is 17.4 Å². The minimum absolute atomic E-state index is 0.00944. The molecule has 3 fully saturated rings. The molecule has 214 valence electrons. The normalized spacial score (nSPS) is 34.8. The Morgan fingerprint density at radius 2 is 1.59 bits per heavy atom. The van der Waals surface area contributed by atoms with Crippen molar-refractivity contribution in [2.24, 2.45) is 34.5 Å². The highest BCUT2D eigenvalue weighted by atomic mass is 19.4. The maximum Gasteiger partial charge on any atom is 0.424 e. The quantitative estimate of drug-likeness (QED) is 0.408. The van der Waals surface area contributed by atoms with Crippen LogP contribution >= 0.6 is 0 Å². The Labute approximate surface area is 224 Å². The van der Waals surface area contributed by atoms with Crippen molar-refractivity contribution in [1.29, 1.82) is 0 Å². The number of benzene rings is 1. The van der Waals surface area contributed by atoms with E-state index >= 15 is 0 Å². The molecule has 0 spiro atoms. The number of aryl methyl sites for hydroxylation is 1. The predicted octanol–water partition coefficient (Wildman–Crippen LogP) is 6.69. The Bertz CT molecular complexity index is 1180. The van der Waals surface area contributed by atoms with Gasteiger partial charge in [-0.3, -0.25) is 9.59 Å². The number of carbonyl (C=O) groups is 2. The molecule has 4 aliphatic rings. The lowest BCUT2D eigenvalue weighted by molar-refractivity contribution is -0.312. The first-order chi connectivity index (χ1) is 18.0. The zero-order valence-electron chi connectivity index (χ0n) is 22.2. The molecule has 3 aliphatic carbocycles. The van der Waals surface area contributed by atoms with Crippen molar-refractivity contribution in [2.75, 3.05) is 0 Å². The summed E-state index contributed by atoms with van der Waals surface area (Å²) in [6.07, 6.45) is -5.76. The fraction of sp³-hybridized carbons (Fsp3) is 0.655. The molecule has 6 atom stereocenters. The number of rotatable bonds is 3. The molecular formula is C29H34F6N2O2. The van der Waals surface area contributed by atoms with Crippen molar-refractivity contribution >= 4 is 11.8 Å². The van der Waals surface area contributed by atoms with Gasteiger partial charge < -0.3 is 10.6 Å². The van der Waals surface area contributed by atoms with Gasteiger partial charge in [-0.25, -0.2) is 0 Å². The maximum atomic E-state index is 14.4. The molecule has 2 N–H and O–H groups in total. The number of halogens is 6. The zero-order chi connectivity index (χ0) is 28.6. The smallest absolute Gasteiger partial charge is 0.331 e. The third kappa shape index (κ3) is 4.10. The van der Waals surface area contributed by atoms with Crippen LogP contribution in [0.4, 0.5) is 26.3 Å². The fourth-order valence-corrected chi connectivity index (χ4v) is 8.40. The summed E-state index contributed by atoms with van der Waals surface area (Å²) >= 11 is 0. The van der Waals surface area contributed by atoms with Crippen LogP contribution in [-0.4, -0.2) is 24.2 Å². The molecule has 4 nitrogen and oxygen atoms in total. The van der Waals surface area contributed by atoms with Crippen molar-refractivity contribution in [3.8, 4) is 0 Å². The summed E-state index contributed by atoms with van der Waals surface area (Å²) in [6.45, 7) is 5.57. The number of amides is 2. The van der Waals surface area contributed by atoms with Gasteiger partial charge >= 0.3 is 12.4 Å². The van der Waals surface area contributed by atoms with Gasteiger partial charge in [0.05, 0.1) is 0 Å². The molecule has 10 heteroatoms. The molecule has 1 aromatic carbocycles. The predicted molar refractivity (Wildman–Crippen MR) is 132 cm³/mol. The van der Waals surface area contributed by atoms with Crippen LogP contribution in [0.2, 0.25) is 0 Å². The number of piperidine rings is 1. The maximum absolute atomic E-state index is 14.4. The molecule has 1 saturated heterocycles. The lowest BCUT2D eigenvalue weighted by Gasteiger charge is -2.57. The fourth-order valence-electron chi connectivity index (χ4n) is 8.40. The van der Waals surface area contributed by atoms with Crippen molar-refractivity contribution in [3.05, 3.63) is 47.2 Å². The van der Waals surface area contributed by atoms with Gasteiger partial charge in [0, 0.05) is 23.5 Å². The van der Waals surface area contributed by atoms with E-state index in [0.29, 0.717) is 44.1 Å². The van der Waals surface area contributed by atoms with Crippen LogP contribution in [-0.2, 0) is 15.1 Å². The summed E-state index contributed by atoms with van der Waals surface area (Å²) in [5, 5.41) is 4.53. The highest BCUT2D eigenvalue weighted by Crippen LogP contribution is 2.65. The lowest BCUT2D eigenvalue weighted by Crippen LogP contribution is -2.66. The summed E-state index contributed by atoms with van der Waals surface area (Å²) in [5.74, 6) is -1.81. The van der Waals surface area contributed by atoms with Crippen LogP contribution in [0.3, 0.4) is 0 Å². The van der Waals surface area contributed by atoms with E-state index in [4.69, 9.17) is 0 Å². The Kier molecular flexibility index (Phi) is 6.46. The molecule has 1 heterocycles. The minimum Gasteiger partial charge on any atom is -0.331 e. The van der Waals surface area contributed by atoms with Crippen molar-refractivity contribution in [3.63, 3.8) is 0 Å². The van der Waals surface area contributed by atoms with E-state index in [9.17, 15) is 35.9 Å². The Hall–Kier alpha value is -2.52. The van der Waals surface area contributed by atoms with Gasteiger partial charge in [-0.1, -0.05) is 49.8 Å². The molecule has 2 saturated carbocycles. The Morgan fingerprint density at radius 1 is 0.949 bits per heavy atom. The molecule has 0 aromatic heterocycles. The third-order valence-corrected chi connectivity index (χ3v) is 10.6. The average Bonchev–Trinajstić information content (AvgIpc) is 3.19. The van der Waals surface area contributed by atoms with E-state index in [1.807, 2.05) is 13.0 Å². The minimum atomic E-state index is -5.81. The highest BCUT2D eigenvalue weighted by molar-refractivity contribution is 5.81. The number of allylic oxidation sites excluding steroid dienone is 2. The number of fused-ring (bicyclic) bond motifs is 5. The Balaban J connectivity index is 1.46. The van der Waals surface area contributed by atoms with Gasteiger partial charge in [-0.15, -0.1) is 0 Å². The number of hydrogen-bond acceptors (Lipinski definition) is 2. The monoisotopic (exact) mass is 556 g/mol. The van der Waals surface area contributed by atoms with E-state index in [0.717, 1.165) is 17.8 Å². The molecule has 5 rings (SSSR count). The van der Waals surface area contributed by atoms with E-state index in [2.05, 4.69) is 12.2 Å². The molecule has 1 aliphatic heterocycles. The largest absolute Gasteiger partial charge is 0.424 e. The van der Waals surface area contributed by atoms with Gasteiger partial charge in [0.15, 0.2) is 0 Å². The van der Waals surface area contributed by atoms with Gasteiger partial charge in [-0.2, -0.15) is 26.3 Å². The number of hydrogen-bond donors (Lipinski definition) is 2. The topological polar surface area (TPSA) is 58.2 Å². The molecule has 39 heavy (non-hydrogen) atoms. The second-order valence-corrected chi connectivity index (χ2v) is 12.5. The molecule has 2 amide bonds.